The molecule has 4 aromatic rings. The molecule has 12 heteroatoms. The molecule has 0 radical (unpaired) electrons. The van der Waals surface area contributed by atoms with Gasteiger partial charge in [0, 0.05) is 57.3 Å². The third-order valence-corrected chi connectivity index (χ3v) is 13.6. The highest BCUT2D eigenvalue weighted by Crippen LogP contribution is 2.48. The Morgan fingerprint density at radius 3 is 2.09 bits per heavy atom. The quantitative estimate of drug-likeness (QED) is 0.255. The maximum absolute atomic E-state index is 13.9. The first-order chi connectivity index (χ1) is 28.0. The van der Waals surface area contributed by atoms with Crippen LogP contribution in [0.5, 0.6) is 5.75 Å². The number of halogens is 1. The van der Waals surface area contributed by atoms with Crippen molar-refractivity contribution < 1.29 is 33.5 Å². The van der Waals surface area contributed by atoms with Crippen LogP contribution in [-0.4, -0.2) is 88.1 Å². The number of carbonyl (C=O) groups excluding carboxylic acids is 5. The van der Waals surface area contributed by atoms with Crippen LogP contribution >= 0.6 is 0 Å². The first-order valence-electron chi connectivity index (χ1n) is 20.3. The number of nitrogens with zero attached hydrogens (tertiary/aromatic N) is 4. The van der Waals surface area contributed by atoms with E-state index in [4.69, 9.17) is 0 Å². The Bertz CT molecular complexity index is 2340. The number of benzene rings is 4. The molecule has 4 aromatic carbocycles. The Morgan fingerprint density at radius 1 is 0.776 bits per heavy atom. The molecule has 0 unspecified atom stereocenters. The van der Waals surface area contributed by atoms with Crippen LogP contribution in [0.15, 0.2) is 78.9 Å². The number of aryl methyl sites for hydroxylation is 1. The molecular weight excluding hydrogens is 738 g/mol. The number of amides is 5. The van der Waals surface area contributed by atoms with Gasteiger partial charge in [0.05, 0.1) is 17.7 Å². The molecule has 2 N–H and O–H groups in total. The zero-order valence-electron chi connectivity index (χ0n) is 32.1. The molecule has 296 valence electrons. The van der Waals surface area contributed by atoms with Gasteiger partial charge >= 0.3 is 0 Å². The molecule has 0 saturated carbocycles. The monoisotopic (exact) mass is 781 g/mol. The van der Waals surface area contributed by atoms with Gasteiger partial charge in [-0.25, -0.2) is 4.39 Å². The molecule has 3 fully saturated rings. The van der Waals surface area contributed by atoms with Crippen molar-refractivity contribution in [2.45, 2.75) is 69.5 Å². The summed E-state index contributed by atoms with van der Waals surface area (Å²) < 4.78 is 13.9. The van der Waals surface area contributed by atoms with Gasteiger partial charge in [0.25, 0.3) is 11.8 Å². The lowest BCUT2D eigenvalue weighted by Crippen LogP contribution is -2.61. The van der Waals surface area contributed by atoms with Gasteiger partial charge in [-0.15, -0.1) is 0 Å². The smallest absolute Gasteiger partial charge is 0.262 e. The molecule has 0 aromatic heterocycles. The van der Waals surface area contributed by atoms with Gasteiger partial charge < -0.3 is 14.9 Å². The molecule has 1 spiro atoms. The molecule has 1 aliphatic carbocycles. The SMILES string of the molecule is O=C1CC[C@@H](N2C(=O)c3cc4c(cc3C2=O)CN(C(=O)CN2CC3(CCN(c5ccc([C@@H]6c7ccc(O)cc7CC[C@@H]6c6ccc(F)cc6)cc5)CC3)C2)C4)C(=O)N1. The Morgan fingerprint density at radius 2 is 1.43 bits per heavy atom. The van der Waals surface area contributed by atoms with Crippen molar-refractivity contribution >= 4 is 35.2 Å². The van der Waals surface area contributed by atoms with E-state index >= 15 is 0 Å². The van der Waals surface area contributed by atoms with Gasteiger partial charge in [-0.3, -0.25) is 39.1 Å². The number of anilines is 1. The number of piperidine rings is 2. The van der Waals surface area contributed by atoms with Crippen LogP contribution in [0.3, 0.4) is 0 Å². The standard InChI is InChI=1S/C46H44FN5O6/c47-32-6-1-27(2-7-32)35-11-5-29-19-34(53)10-12-36(29)42(35)28-3-8-33(9-4-28)50-17-15-46(16-18-50)25-49(26-46)24-41(55)51-22-30-20-37-38(21-31(30)23-51)45(58)52(44(37)57)39-13-14-40(54)48-43(39)56/h1-4,6-10,12,19-21,35,39,42,53H,5,11,13-18,22-26H2,(H,48,54,56)/t35-,39-,42+/m1/s1. The number of aromatic hydroxyl groups is 1. The first-order valence-corrected chi connectivity index (χ1v) is 20.3. The van der Waals surface area contributed by atoms with Crippen LogP contribution < -0.4 is 10.2 Å². The molecule has 10 rings (SSSR count). The number of hydrogen-bond donors (Lipinski definition) is 2. The highest BCUT2D eigenvalue weighted by molar-refractivity contribution is 6.23. The summed E-state index contributed by atoms with van der Waals surface area (Å²) in [6.07, 6.45) is 4.04. The number of phenols is 1. The fraction of sp³-hybridized carbons (Fsp3) is 0.370. The third-order valence-electron chi connectivity index (χ3n) is 13.6. The number of rotatable bonds is 6. The lowest BCUT2D eigenvalue weighted by atomic mass is 9.69. The summed E-state index contributed by atoms with van der Waals surface area (Å²) in [5, 5.41) is 12.4. The van der Waals surface area contributed by atoms with Crippen molar-refractivity contribution in [3.8, 4) is 5.75 Å². The fourth-order valence-corrected chi connectivity index (χ4v) is 10.6. The summed E-state index contributed by atoms with van der Waals surface area (Å²) in [6.45, 7) is 4.67. The largest absolute Gasteiger partial charge is 0.508 e. The maximum Gasteiger partial charge on any atom is 0.262 e. The topological polar surface area (TPSA) is 131 Å². The third kappa shape index (κ3) is 6.25. The number of carbonyl (C=O) groups is 5. The number of imide groups is 2. The van der Waals surface area contributed by atoms with E-state index < -0.39 is 29.7 Å². The number of phenolic OH excluding ortho intramolecular Hbond substituents is 1. The molecule has 58 heavy (non-hydrogen) atoms. The molecule has 6 aliphatic rings. The minimum Gasteiger partial charge on any atom is -0.508 e. The predicted octanol–water partition coefficient (Wildman–Crippen LogP) is 5.24. The van der Waals surface area contributed by atoms with E-state index in [1.807, 2.05) is 24.3 Å². The zero-order valence-corrected chi connectivity index (χ0v) is 32.1. The normalized spacial score (nSPS) is 23.7. The fourth-order valence-electron chi connectivity index (χ4n) is 10.6. The summed E-state index contributed by atoms with van der Waals surface area (Å²) in [5.41, 5.74) is 8.23. The van der Waals surface area contributed by atoms with Crippen LogP contribution in [0.25, 0.3) is 0 Å². The second-order valence-electron chi connectivity index (χ2n) is 17.1. The van der Waals surface area contributed by atoms with Crippen molar-refractivity contribution in [2.75, 3.05) is 37.6 Å². The molecule has 3 saturated heterocycles. The van der Waals surface area contributed by atoms with Crippen LogP contribution in [0.2, 0.25) is 0 Å². The lowest BCUT2D eigenvalue weighted by Gasteiger charge is -2.54. The van der Waals surface area contributed by atoms with E-state index in [9.17, 15) is 33.5 Å². The van der Waals surface area contributed by atoms with Crippen molar-refractivity contribution in [3.63, 3.8) is 0 Å². The van der Waals surface area contributed by atoms with E-state index in [2.05, 4.69) is 39.4 Å². The van der Waals surface area contributed by atoms with Gasteiger partial charge in [0.2, 0.25) is 17.7 Å². The average molecular weight is 782 g/mol. The maximum atomic E-state index is 13.9. The number of nitrogens with one attached hydrogen (secondary N) is 1. The number of fused-ring (bicyclic) bond motifs is 3. The van der Waals surface area contributed by atoms with Gasteiger partial charge in [-0.05, 0) is 125 Å². The van der Waals surface area contributed by atoms with Crippen molar-refractivity contribution in [1.82, 2.24) is 20.0 Å². The summed E-state index contributed by atoms with van der Waals surface area (Å²) in [5.74, 6) is -1.77. The Balaban J connectivity index is 0.740. The highest BCUT2D eigenvalue weighted by Gasteiger charge is 2.47. The minimum absolute atomic E-state index is 0.0191. The molecule has 5 aliphatic heterocycles. The predicted molar refractivity (Wildman–Crippen MR) is 212 cm³/mol. The Kier molecular flexibility index (Phi) is 8.74. The van der Waals surface area contributed by atoms with Gasteiger partial charge in [-0.2, -0.15) is 0 Å². The van der Waals surface area contributed by atoms with E-state index in [-0.39, 0.29) is 58.7 Å². The van der Waals surface area contributed by atoms with Crippen molar-refractivity contribution in [3.05, 3.63) is 129 Å². The Hall–Kier alpha value is -5.88. The summed E-state index contributed by atoms with van der Waals surface area (Å²) >= 11 is 0. The van der Waals surface area contributed by atoms with Crippen LogP contribution in [-0.2, 0) is 33.9 Å². The van der Waals surface area contributed by atoms with E-state index in [0.29, 0.717) is 19.6 Å². The van der Waals surface area contributed by atoms with Crippen molar-refractivity contribution in [1.29, 1.82) is 0 Å². The van der Waals surface area contributed by atoms with Gasteiger partial charge in [0.1, 0.15) is 17.6 Å². The van der Waals surface area contributed by atoms with Crippen LogP contribution in [0, 0.1) is 11.2 Å². The molecular formula is C46H44FN5O6. The number of likely N-dealkylation sites (tertiary alicyclic amines) is 1. The summed E-state index contributed by atoms with van der Waals surface area (Å²) in [7, 11) is 0. The van der Waals surface area contributed by atoms with E-state index in [0.717, 1.165) is 79.0 Å². The molecule has 11 nitrogen and oxygen atoms in total. The zero-order chi connectivity index (χ0) is 39.9. The molecule has 0 bridgehead atoms. The highest BCUT2D eigenvalue weighted by atomic mass is 19.1. The summed E-state index contributed by atoms with van der Waals surface area (Å²) in [4.78, 5) is 71.6. The minimum atomic E-state index is -1.01. The first kappa shape index (κ1) is 36.5. The molecule has 5 amide bonds. The second-order valence-corrected chi connectivity index (χ2v) is 17.1. The average Bonchev–Trinajstić information content (AvgIpc) is 3.74. The van der Waals surface area contributed by atoms with Crippen molar-refractivity contribution in [2.24, 2.45) is 5.41 Å². The van der Waals surface area contributed by atoms with Crippen LogP contribution in [0.1, 0.15) is 98.0 Å². The van der Waals surface area contributed by atoms with Crippen LogP contribution in [0.4, 0.5) is 10.1 Å². The Labute approximate surface area is 335 Å². The second kappa shape index (κ2) is 13.9. The van der Waals surface area contributed by atoms with Gasteiger partial charge in [-0.1, -0.05) is 30.3 Å². The van der Waals surface area contributed by atoms with Gasteiger partial charge in [0.15, 0.2) is 0 Å². The van der Waals surface area contributed by atoms with E-state index in [1.54, 1.807) is 35.2 Å². The molecule has 5 heterocycles. The molecule has 3 atom stereocenters. The van der Waals surface area contributed by atoms with E-state index in [1.165, 1.54) is 16.8 Å². The number of hydrogen-bond acceptors (Lipinski definition) is 8. The lowest BCUT2D eigenvalue weighted by molar-refractivity contribution is -0.137. The summed E-state index contributed by atoms with van der Waals surface area (Å²) in [6, 6.07) is 23.9.